The number of amides is 1. The Kier molecular flexibility index (Phi) is 6.56. The van der Waals surface area contributed by atoms with Crippen molar-refractivity contribution < 1.29 is 13.2 Å². The Hall–Kier alpha value is -1.40. The Morgan fingerprint density at radius 2 is 1.95 bits per heavy atom. The zero-order valence-electron chi connectivity index (χ0n) is 14.0. The minimum Gasteiger partial charge on any atom is -0.353 e. The van der Waals surface area contributed by atoms with Gasteiger partial charge in [0.05, 0.1) is 11.4 Å². The quantitative estimate of drug-likeness (QED) is 0.835. The molecular formula is C16H26N2O3S. The normalized spacial score (nSPS) is 13.2. The Morgan fingerprint density at radius 1 is 1.32 bits per heavy atom. The Morgan fingerprint density at radius 3 is 2.55 bits per heavy atom. The van der Waals surface area contributed by atoms with E-state index in [1.54, 1.807) is 19.1 Å². The first-order valence-corrected chi connectivity index (χ1v) is 8.95. The number of nitrogens with one attached hydrogen (secondary N) is 1. The molecule has 0 bridgehead atoms. The Bertz CT molecular complexity index is 626. The van der Waals surface area contributed by atoms with Crippen LogP contribution in [0, 0.1) is 13.8 Å². The van der Waals surface area contributed by atoms with Crippen LogP contribution in [0.1, 0.15) is 37.8 Å². The van der Waals surface area contributed by atoms with Crippen LogP contribution in [0.25, 0.3) is 0 Å². The van der Waals surface area contributed by atoms with Crippen LogP contribution in [0.4, 0.5) is 0 Å². The van der Waals surface area contributed by atoms with Crippen molar-refractivity contribution >= 4 is 15.9 Å². The first-order valence-electron chi connectivity index (χ1n) is 7.51. The molecule has 0 aliphatic heterocycles. The van der Waals surface area contributed by atoms with Gasteiger partial charge in [0.15, 0.2) is 0 Å². The van der Waals surface area contributed by atoms with E-state index in [2.05, 4.69) is 5.32 Å². The van der Waals surface area contributed by atoms with Crippen molar-refractivity contribution in [3.05, 3.63) is 29.3 Å². The Labute approximate surface area is 133 Å². The molecule has 1 aromatic rings. The maximum atomic E-state index is 12.6. The molecule has 0 spiro atoms. The molecule has 0 unspecified atom stereocenters. The van der Waals surface area contributed by atoms with Crippen molar-refractivity contribution in [1.82, 2.24) is 9.62 Å². The summed E-state index contributed by atoms with van der Waals surface area (Å²) in [7, 11) is -2.23. The van der Waals surface area contributed by atoms with Gasteiger partial charge in [0, 0.05) is 13.1 Å². The summed E-state index contributed by atoms with van der Waals surface area (Å²) in [5.41, 5.74) is 1.55. The van der Waals surface area contributed by atoms with Crippen molar-refractivity contribution in [3.8, 4) is 0 Å². The first-order chi connectivity index (χ1) is 10.2. The molecule has 1 amide bonds. The second kappa shape index (κ2) is 7.74. The van der Waals surface area contributed by atoms with Crippen molar-refractivity contribution in [2.24, 2.45) is 0 Å². The van der Waals surface area contributed by atoms with Gasteiger partial charge in [-0.1, -0.05) is 25.5 Å². The van der Waals surface area contributed by atoms with Crippen LogP contribution in [0.3, 0.4) is 0 Å². The van der Waals surface area contributed by atoms with Crippen LogP contribution in [-0.4, -0.2) is 38.3 Å². The molecule has 22 heavy (non-hydrogen) atoms. The number of rotatable bonds is 7. The van der Waals surface area contributed by atoms with Crippen LogP contribution in [0.2, 0.25) is 0 Å². The van der Waals surface area contributed by atoms with Crippen molar-refractivity contribution in [1.29, 1.82) is 0 Å². The minimum atomic E-state index is -3.66. The van der Waals surface area contributed by atoms with E-state index in [4.69, 9.17) is 0 Å². The summed E-state index contributed by atoms with van der Waals surface area (Å²) < 4.78 is 26.3. The molecule has 0 aliphatic carbocycles. The Balaban J connectivity index is 2.85. The molecule has 1 aromatic carbocycles. The van der Waals surface area contributed by atoms with Crippen molar-refractivity contribution in [2.75, 3.05) is 13.6 Å². The summed E-state index contributed by atoms with van der Waals surface area (Å²) >= 11 is 0. The molecule has 1 atom stereocenters. The molecule has 0 saturated carbocycles. The van der Waals surface area contributed by atoms with E-state index in [0.29, 0.717) is 5.56 Å². The molecule has 0 heterocycles. The second-order valence-corrected chi connectivity index (χ2v) is 7.80. The first kappa shape index (κ1) is 18.6. The fraction of sp³-hybridized carbons (Fsp3) is 0.562. The molecule has 124 valence electrons. The van der Waals surface area contributed by atoms with Gasteiger partial charge in [-0.05, 0) is 44.4 Å². The molecule has 0 saturated heterocycles. The highest BCUT2D eigenvalue weighted by Gasteiger charge is 2.25. The number of nitrogens with zero attached hydrogens (tertiary/aromatic N) is 1. The van der Waals surface area contributed by atoms with Crippen LogP contribution >= 0.6 is 0 Å². The fourth-order valence-corrected chi connectivity index (χ4v) is 3.70. The third-order valence-corrected chi connectivity index (χ3v) is 5.47. The van der Waals surface area contributed by atoms with E-state index < -0.39 is 10.0 Å². The van der Waals surface area contributed by atoms with Crippen molar-refractivity contribution in [3.63, 3.8) is 0 Å². The molecule has 0 radical (unpaired) electrons. The van der Waals surface area contributed by atoms with Gasteiger partial charge in [-0.15, -0.1) is 0 Å². The molecule has 6 heteroatoms. The maximum Gasteiger partial charge on any atom is 0.243 e. The highest BCUT2D eigenvalue weighted by molar-refractivity contribution is 7.89. The van der Waals surface area contributed by atoms with Gasteiger partial charge >= 0.3 is 0 Å². The third-order valence-electron chi connectivity index (χ3n) is 3.53. The molecule has 0 fully saturated rings. The van der Waals surface area contributed by atoms with Crippen LogP contribution in [0.15, 0.2) is 23.1 Å². The van der Waals surface area contributed by atoms with Gasteiger partial charge in [-0.2, -0.15) is 4.31 Å². The lowest BCUT2D eigenvalue weighted by Gasteiger charge is -2.20. The van der Waals surface area contributed by atoms with Gasteiger partial charge < -0.3 is 5.32 Å². The lowest BCUT2D eigenvalue weighted by Crippen LogP contribution is -2.41. The topological polar surface area (TPSA) is 66.5 Å². The monoisotopic (exact) mass is 326 g/mol. The summed E-state index contributed by atoms with van der Waals surface area (Å²) in [5, 5.41) is 2.82. The van der Waals surface area contributed by atoms with E-state index in [-0.39, 0.29) is 23.4 Å². The summed E-state index contributed by atoms with van der Waals surface area (Å²) in [6.07, 6.45) is 1.84. The smallest absolute Gasteiger partial charge is 0.243 e. The molecule has 0 aromatic heterocycles. The lowest BCUT2D eigenvalue weighted by atomic mass is 10.2. The predicted octanol–water partition coefficient (Wildman–Crippen LogP) is 2.23. The fourth-order valence-electron chi connectivity index (χ4n) is 2.27. The average Bonchev–Trinajstić information content (AvgIpc) is 2.41. The summed E-state index contributed by atoms with van der Waals surface area (Å²) in [5.74, 6) is -0.280. The van der Waals surface area contributed by atoms with Gasteiger partial charge in [-0.25, -0.2) is 8.42 Å². The SMILES string of the molecule is CCC[C@H](C)NC(=O)CN(C)S(=O)(=O)c1cc(C)ccc1C. The van der Waals surface area contributed by atoms with E-state index in [0.717, 1.165) is 22.7 Å². The number of hydrogen-bond donors (Lipinski definition) is 1. The van der Waals surface area contributed by atoms with Gasteiger partial charge in [0.2, 0.25) is 15.9 Å². The molecular weight excluding hydrogens is 300 g/mol. The van der Waals surface area contributed by atoms with Gasteiger partial charge in [0.25, 0.3) is 0 Å². The number of carbonyl (C=O) groups is 1. The van der Waals surface area contributed by atoms with Crippen LogP contribution < -0.4 is 5.32 Å². The molecule has 1 N–H and O–H groups in total. The van der Waals surface area contributed by atoms with E-state index >= 15 is 0 Å². The van der Waals surface area contributed by atoms with E-state index in [1.807, 2.05) is 26.8 Å². The molecule has 0 aliphatic rings. The number of carbonyl (C=O) groups excluding carboxylic acids is 1. The number of benzene rings is 1. The van der Waals surface area contributed by atoms with Gasteiger partial charge in [0.1, 0.15) is 0 Å². The number of hydrogen-bond acceptors (Lipinski definition) is 3. The maximum absolute atomic E-state index is 12.6. The number of sulfonamides is 1. The predicted molar refractivity (Wildman–Crippen MR) is 88.2 cm³/mol. The van der Waals surface area contributed by atoms with Crippen LogP contribution in [-0.2, 0) is 14.8 Å². The molecule has 5 nitrogen and oxygen atoms in total. The van der Waals surface area contributed by atoms with E-state index in [1.165, 1.54) is 7.05 Å². The largest absolute Gasteiger partial charge is 0.353 e. The van der Waals surface area contributed by atoms with Crippen LogP contribution in [0.5, 0.6) is 0 Å². The van der Waals surface area contributed by atoms with Crippen molar-refractivity contribution in [2.45, 2.75) is 51.5 Å². The average molecular weight is 326 g/mol. The third kappa shape index (κ3) is 4.81. The molecule has 1 rings (SSSR count). The number of aryl methyl sites for hydroxylation is 2. The standard InChI is InChI=1S/C16H26N2O3S/c1-6-7-14(4)17-16(19)11-18(5)22(20,21)15-10-12(2)8-9-13(15)3/h8-10,14H,6-7,11H2,1-5H3,(H,17,19)/t14-/m0/s1. The summed E-state index contributed by atoms with van der Waals surface area (Å²) in [6.45, 7) is 7.38. The number of likely N-dealkylation sites (N-methyl/N-ethyl adjacent to an activating group) is 1. The van der Waals surface area contributed by atoms with E-state index in [9.17, 15) is 13.2 Å². The highest BCUT2D eigenvalue weighted by Crippen LogP contribution is 2.20. The lowest BCUT2D eigenvalue weighted by molar-refractivity contribution is -0.121. The highest BCUT2D eigenvalue weighted by atomic mass is 32.2. The zero-order valence-corrected chi connectivity index (χ0v) is 14.8. The zero-order chi connectivity index (χ0) is 16.9. The second-order valence-electron chi connectivity index (χ2n) is 5.79. The van der Waals surface area contributed by atoms with Gasteiger partial charge in [-0.3, -0.25) is 4.79 Å². The summed E-state index contributed by atoms with van der Waals surface area (Å²) in [4.78, 5) is 12.2. The minimum absolute atomic E-state index is 0.0503. The summed E-state index contributed by atoms with van der Waals surface area (Å²) in [6, 6.07) is 5.33.